The molecule has 0 spiro atoms. The van der Waals surface area contributed by atoms with Crippen molar-refractivity contribution in [2.45, 2.75) is 33.6 Å². The second-order valence-corrected chi connectivity index (χ2v) is 6.25. The van der Waals surface area contributed by atoms with E-state index in [4.69, 9.17) is 4.74 Å². The van der Waals surface area contributed by atoms with E-state index in [1.807, 2.05) is 36.4 Å². The Balaban J connectivity index is 2.16. The molecule has 0 saturated heterocycles. The molecule has 2 aromatic rings. The third kappa shape index (κ3) is 5.27. The SMILES string of the molecule is CCc1ccc(OC(=Cc2ccc(CC(C)C)cc2)C(=O)O)cc1. The molecule has 0 amide bonds. The molecule has 0 saturated carbocycles. The quantitative estimate of drug-likeness (QED) is 0.579. The van der Waals surface area contributed by atoms with Gasteiger partial charge in [0, 0.05) is 0 Å². The minimum absolute atomic E-state index is 0.0872. The highest BCUT2D eigenvalue weighted by Gasteiger charge is 2.10. The lowest BCUT2D eigenvalue weighted by Gasteiger charge is -2.08. The number of benzene rings is 2. The molecule has 0 radical (unpaired) electrons. The van der Waals surface area contributed by atoms with Crippen LogP contribution >= 0.6 is 0 Å². The van der Waals surface area contributed by atoms with Crippen LogP contribution in [0.25, 0.3) is 6.08 Å². The Morgan fingerprint density at radius 2 is 1.62 bits per heavy atom. The zero-order valence-corrected chi connectivity index (χ0v) is 14.5. The van der Waals surface area contributed by atoms with E-state index < -0.39 is 5.97 Å². The molecule has 0 aromatic heterocycles. The van der Waals surface area contributed by atoms with Gasteiger partial charge in [0.15, 0.2) is 0 Å². The van der Waals surface area contributed by atoms with Gasteiger partial charge in [0.1, 0.15) is 5.75 Å². The number of ether oxygens (including phenoxy) is 1. The van der Waals surface area contributed by atoms with Crippen LogP contribution in [-0.4, -0.2) is 11.1 Å². The number of carboxylic acids is 1. The highest BCUT2D eigenvalue weighted by atomic mass is 16.5. The molecule has 1 N–H and O–H groups in total. The van der Waals surface area contributed by atoms with Crippen LogP contribution in [0.15, 0.2) is 54.3 Å². The van der Waals surface area contributed by atoms with Crippen LogP contribution in [0.5, 0.6) is 5.75 Å². The van der Waals surface area contributed by atoms with Gasteiger partial charge in [-0.3, -0.25) is 0 Å². The van der Waals surface area contributed by atoms with Crippen molar-refractivity contribution < 1.29 is 14.6 Å². The molecule has 2 rings (SSSR count). The van der Waals surface area contributed by atoms with Gasteiger partial charge < -0.3 is 9.84 Å². The van der Waals surface area contributed by atoms with Gasteiger partial charge in [-0.2, -0.15) is 0 Å². The van der Waals surface area contributed by atoms with Gasteiger partial charge in [-0.1, -0.05) is 57.2 Å². The van der Waals surface area contributed by atoms with E-state index in [9.17, 15) is 9.90 Å². The Bertz CT molecular complexity index is 695. The standard InChI is InChI=1S/C21H24O3/c1-4-16-9-11-19(12-10-16)24-20(21(22)23)14-18-7-5-17(6-8-18)13-15(2)3/h5-12,14-15H,4,13H2,1-3H3,(H,22,23). The number of hydrogen-bond donors (Lipinski definition) is 1. The molecule has 0 bridgehead atoms. The molecule has 24 heavy (non-hydrogen) atoms. The zero-order valence-electron chi connectivity index (χ0n) is 14.5. The van der Waals surface area contributed by atoms with E-state index in [-0.39, 0.29) is 5.76 Å². The fraction of sp³-hybridized carbons (Fsp3) is 0.286. The molecule has 3 heteroatoms. The molecule has 126 valence electrons. The fourth-order valence-corrected chi connectivity index (χ4v) is 2.43. The van der Waals surface area contributed by atoms with Gasteiger partial charge in [0.2, 0.25) is 5.76 Å². The summed E-state index contributed by atoms with van der Waals surface area (Å²) in [5.41, 5.74) is 3.24. The summed E-state index contributed by atoms with van der Waals surface area (Å²) in [6.07, 6.45) is 3.50. The molecule has 0 aliphatic heterocycles. The number of carbonyl (C=O) groups is 1. The minimum atomic E-state index is -1.08. The number of aliphatic carboxylic acids is 1. The smallest absolute Gasteiger partial charge is 0.371 e. The summed E-state index contributed by atoms with van der Waals surface area (Å²) < 4.78 is 5.54. The molecular weight excluding hydrogens is 300 g/mol. The lowest BCUT2D eigenvalue weighted by atomic mass is 10.0. The lowest BCUT2D eigenvalue weighted by molar-refractivity contribution is -0.134. The van der Waals surface area contributed by atoms with Gasteiger partial charge in [0.05, 0.1) is 0 Å². The monoisotopic (exact) mass is 324 g/mol. The van der Waals surface area contributed by atoms with Crippen molar-refractivity contribution in [1.29, 1.82) is 0 Å². The van der Waals surface area contributed by atoms with Crippen LogP contribution in [-0.2, 0) is 17.6 Å². The Labute approximate surface area is 143 Å². The van der Waals surface area contributed by atoms with Crippen LogP contribution in [0.2, 0.25) is 0 Å². The first kappa shape index (κ1) is 17.8. The first-order chi connectivity index (χ1) is 11.5. The highest BCUT2D eigenvalue weighted by Crippen LogP contribution is 2.18. The Hall–Kier alpha value is -2.55. The van der Waals surface area contributed by atoms with Crippen molar-refractivity contribution in [3.05, 3.63) is 71.0 Å². The van der Waals surface area contributed by atoms with Gasteiger partial charge in [-0.25, -0.2) is 4.79 Å². The van der Waals surface area contributed by atoms with Crippen molar-refractivity contribution in [2.24, 2.45) is 5.92 Å². The largest absolute Gasteiger partial charge is 0.475 e. The summed E-state index contributed by atoms with van der Waals surface area (Å²) in [5, 5.41) is 9.38. The minimum Gasteiger partial charge on any atom is -0.475 e. The Morgan fingerprint density at radius 3 is 2.12 bits per heavy atom. The van der Waals surface area contributed by atoms with E-state index in [1.54, 1.807) is 18.2 Å². The van der Waals surface area contributed by atoms with Gasteiger partial charge in [0.25, 0.3) is 0 Å². The number of aryl methyl sites for hydroxylation is 1. The lowest BCUT2D eigenvalue weighted by Crippen LogP contribution is -2.07. The molecule has 0 fully saturated rings. The van der Waals surface area contributed by atoms with Crippen LogP contribution in [0, 0.1) is 5.92 Å². The van der Waals surface area contributed by atoms with Crippen molar-refractivity contribution in [3.8, 4) is 5.75 Å². The second-order valence-electron chi connectivity index (χ2n) is 6.25. The topological polar surface area (TPSA) is 46.5 Å². The summed E-state index contributed by atoms with van der Waals surface area (Å²) in [6, 6.07) is 15.4. The van der Waals surface area contributed by atoms with Gasteiger partial charge in [-0.05, 0) is 53.7 Å². The summed E-state index contributed by atoms with van der Waals surface area (Å²) in [7, 11) is 0. The van der Waals surface area contributed by atoms with E-state index >= 15 is 0 Å². The van der Waals surface area contributed by atoms with Crippen LogP contribution in [0.1, 0.15) is 37.5 Å². The van der Waals surface area contributed by atoms with E-state index in [0.29, 0.717) is 11.7 Å². The number of carboxylic acid groups (broad SMARTS) is 1. The number of hydrogen-bond acceptors (Lipinski definition) is 2. The maximum atomic E-state index is 11.5. The molecule has 0 aliphatic rings. The Morgan fingerprint density at radius 1 is 1.04 bits per heavy atom. The van der Waals surface area contributed by atoms with Crippen molar-refractivity contribution in [1.82, 2.24) is 0 Å². The summed E-state index contributed by atoms with van der Waals surface area (Å²) in [5.74, 6) is -0.0515. The molecule has 0 aliphatic carbocycles. The van der Waals surface area contributed by atoms with E-state index in [0.717, 1.165) is 18.4 Å². The molecule has 0 atom stereocenters. The summed E-state index contributed by atoms with van der Waals surface area (Å²) in [4.78, 5) is 11.5. The fourth-order valence-electron chi connectivity index (χ4n) is 2.43. The van der Waals surface area contributed by atoms with Crippen molar-refractivity contribution in [2.75, 3.05) is 0 Å². The van der Waals surface area contributed by atoms with Crippen molar-refractivity contribution in [3.63, 3.8) is 0 Å². The maximum absolute atomic E-state index is 11.5. The summed E-state index contributed by atoms with van der Waals surface area (Å²) >= 11 is 0. The zero-order chi connectivity index (χ0) is 17.5. The summed E-state index contributed by atoms with van der Waals surface area (Å²) in [6.45, 7) is 6.42. The number of rotatable bonds is 7. The van der Waals surface area contributed by atoms with Gasteiger partial charge >= 0.3 is 5.97 Å². The normalized spacial score (nSPS) is 11.6. The molecular formula is C21H24O3. The van der Waals surface area contributed by atoms with Gasteiger partial charge in [-0.15, -0.1) is 0 Å². The average Bonchev–Trinajstić information content (AvgIpc) is 2.56. The predicted octanol–water partition coefficient (Wildman–Crippen LogP) is 4.95. The predicted molar refractivity (Wildman–Crippen MR) is 97.0 cm³/mol. The van der Waals surface area contributed by atoms with Crippen LogP contribution in [0.3, 0.4) is 0 Å². The second kappa shape index (κ2) is 8.34. The van der Waals surface area contributed by atoms with Crippen LogP contribution in [0.4, 0.5) is 0 Å². The highest BCUT2D eigenvalue weighted by molar-refractivity contribution is 5.90. The Kier molecular flexibility index (Phi) is 6.19. The average molecular weight is 324 g/mol. The first-order valence-electron chi connectivity index (χ1n) is 8.28. The van der Waals surface area contributed by atoms with E-state index in [2.05, 4.69) is 20.8 Å². The third-order valence-corrected chi connectivity index (χ3v) is 3.69. The first-order valence-corrected chi connectivity index (χ1v) is 8.28. The molecule has 0 heterocycles. The molecule has 2 aromatic carbocycles. The maximum Gasteiger partial charge on any atom is 0.371 e. The van der Waals surface area contributed by atoms with Crippen molar-refractivity contribution >= 4 is 12.0 Å². The van der Waals surface area contributed by atoms with Crippen LogP contribution < -0.4 is 4.74 Å². The van der Waals surface area contributed by atoms with E-state index in [1.165, 1.54) is 11.1 Å². The molecule has 3 nitrogen and oxygen atoms in total. The third-order valence-electron chi connectivity index (χ3n) is 3.69. The molecule has 0 unspecified atom stereocenters.